The molecule has 2 saturated heterocycles. The van der Waals surface area contributed by atoms with E-state index < -0.39 is 0 Å². The minimum atomic E-state index is 0.586. The Kier molecular flexibility index (Phi) is 2.08. The Hall–Kier alpha value is -0.120. The number of piperidine rings is 1. The number of hydrogen-bond acceptors (Lipinski definition) is 3. The van der Waals surface area contributed by atoms with Crippen molar-refractivity contribution >= 4 is 0 Å². The van der Waals surface area contributed by atoms with Gasteiger partial charge < -0.3 is 5.73 Å². The summed E-state index contributed by atoms with van der Waals surface area (Å²) in [5, 5.41) is 0. The first kappa shape index (κ1) is 9.13. The van der Waals surface area contributed by atoms with Gasteiger partial charge >= 0.3 is 0 Å². The summed E-state index contributed by atoms with van der Waals surface area (Å²) in [7, 11) is 0. The summed E-state index contributed by atoms with van der Waals surface area (Å²) < 4.78 is 0. The lowest BCUT2D eigenvalue weighted by molar-refractivity contribution is 0.0177. The molecular formula is C11H21N3. The zero-order chi connectivity index (χ0) is 9.71. The van der Waals surface area contributed by atoms with Crippen LogP contribution in [0.15, 0.2) is 0 Å². The monoisotopic (exact) mass is 195 g/mol. The summed E-state index contributed by atoms with van der Waals surface area (Å²) in [4.78, 5) is 5.22. The first-order valence-corrected chi connectivity index (χ1v) is 5.96. The van der Waals surface area contributed by atoms with Crippen LogP contribution in [0.2, 0.25) is 0 Å². The molecule has 3 fully saturated rings. The molecule has 3 rings (SSSR count). The molecule has 3 unspecified atom stereocenters. The minimum absolute atomic E-state index is 0.586. The fraction of sp³-hybridized carbons (Fsp3) is 1.00. The van der Waals surface area contributed by atoms with Gasteiger partial charge in [0, 0.05) is 44.8 Å². The third-order valence-electron chi connectivity index (χ3n) is 4.38. The van der Waals surface area contributed by atoms with Crippen molar-refractivity contribution in [1.82, 2.24) is 9.80 Å². The second kappa shape index (κ2) is 3.19. The van der Waals surface area contributed by atoms with Crippen molar-refractivity contribution in [3.8, 4) is 0 Å². The maximum atomic E-state index is 5.66. The standard InChI is InChI=1S/C11H21N3/c1-8(3-12)13-6-11(7-13)14-4-9-2-10(9)5-14/h8-11H,2-7,12H2,1H3. The molecule has 0 aromatic carbocycles. The number of fused-ring (bicyclic) bond motifs is 1. The van der Waals surface area contributed by atoms with E-state index in [0.29, 0.717) is 6.04 Å². The minimum Gasteiger partial charge on any atom is -0.329 e. The summed E-state index contributed by atoms with van der Waals surface area (Å²) in [5.74, 6) is 2.16. The highest BCUT2D eigenvalue weighted by molar-refractivity contribution is 5.02. The van der Waals surface area contributed by atoms with E-state index in [-0.39, 0.29) is 0 Å². The lowest BCUT2D eigenvalue weighted by atomic mass is 10.0. The molecular weight excluding hydrogens is 174 g/mol. The summed E-state index contributed by atoms with van der Waals surface area (Å²) in [6, 6.07) is 1.44. The molecule has 3 aliphatic rings. The lowest BCUT2D eigenvalue weighted by Crippen LogP contribution is -2.62. The van der Waals surface area contributed by atoms with Gasteiger partial charge in [-0.2, -0.15) is 0 Å². The maximum absolute atomic E-state index is 5.66. The molecule has 0 radical (unpaired) electrons. The quantitative estimate of drug-likeness (QED) is 0.686. The van der Waals surface area contributed by atoms with Crippen LogP contribution in [0.25, 0.3) is 0 Å². The molecule has 80 valence electrons. The molecule has 0 aromatic rings. The summed E-state index contributed by atoms with van der Waals surface area (Å²) in [5.41, 5.74) is 5.66. The SMILES string of the molecule is CC(CN)N1CC(N2CC3CC3C2)C1. The Labute approximate surface area is 86.2 Å². The van der Waals surface area contributed by atoms with Crippen molar-refractivity contribution in [2.75, 3.05) is 32.7 Å². The van der Waals surface area contributed by atoms with E-state index in [1.165, 1.54) is 32.6 Å². The number of rotatable bonds is 3. The van der Waals surface area contributed by atoms with Crippen molar-refractivity contribution < 1.29 is 0 Å². The zero-order valence-electron chi connectivity index (χ0n) is 9.02. The van der Waals surface area contributed by atoms with E-state index in [2.05, 4.69) is 16.7 Å². The number of nitrogens with two attached hydrogens (primary N) is 1. The largest absolute Gasteiger partial charge is 0.329 e. The molecule has 2 heterocycles. The van der Waals surface area contributed by atoms with Gasteiger partial charge in [0.25, 0.3) is 0 Å². The Balaban J connectivity index is 1.45. The fourth-order valence-electron chi connectivity index (χ4n) is 2.96. The third kappa shape index (κ3) is 1.38. The van der Waals surface area contributed by atoms with Crippen molar-refractivity contribution in [3.63, 3.8) is 0 Å². The van der Waals surface area contributed by atoms with Gasteiger partial charge in [0.1, 0.15) is 0 Å². The predicted molar refractivity (Wildman–Crippen MR) is 57.0 cm³/mol. The van der Waals surface area contributed by atoms with Crippen LogP contribution in [-0.2, 0) is 0 Å². The summed E-state index contributed by atoms with van der Waals surface area (Å²) in [6.07, 6.45) is 1.52. The molecule has 3 nitrogen and oxygen atoms in total. The molecule has 0 spiro atoms. The molecule has 14 heavy (non-hydrogen) atoms. The zero-order valence-corrected chi connectivity index (χ0v) is 9.02. The van der Waals surface area contributed by atoms with Crippen LogP contribution in [0.4, 0.5) is 0 Å². The summed E-state index contributed by atoms with van der Waals surface area (Å²) in [6.45, 7) is 8.34. The van der Waals surface area contributed by atoms with Gasteiger partial charge in [0.2, 0.25) is 0 Å². The molecule has 3 heteroatoms. The number of likely N-dealkylation sites (tertiary alicyclic amines) is 2. The normalized spacial score (nSPS) is 40.7. The van der Waals surface area contributed by atoms with E-state index in [4.69, 9.17) is 5.73 Å². The Bertz CT molecular complexity index is 215. The molecule has 0 amide bonds. The van der Waals surface area contributed by atoms with Crippen LogP contribution in [0.3, 0.4) is 0 Å². The van der Waals surface area contributed by atoms with Crippen LogP contribution in [0, 0.1) is 11.8 Å². The van der Waals surface area contributed by atoms with Gasteiger partial charge in [0.05, 0.1) is 0 Å². The van der Waals surface area contributed by atoms with Crippen LogP contribution < -0.4 is 5.73 Å². The molecule has 2 aliphatic heterocycles. The lowest BCUT2D eigenvalue weighted by Gasteiger charge is -2.47. The summed E-state index contributed by atoms with van der Waals surface area (Å²) >= 11 is 0. The van der Waals surface area contributed by atoms with Crippen molar-refractivity contribution in [3.05, 3.63) is 0 Å². The number of nitrogens with zero attached hydrogens (tertiary/aromatic N) is 2. The molecule has 1 saturated carbocycles. The Morgan fingerprint density at radius 3 is 2.43 bits per heavy atom. The van der Waals surface area contributed by atoms with E-state index in [9.17, 15) is 0 Å². The molecule has 1 aliphatic carbocycles. The van der Waals surface area contributed by atoms with Crippen molar-refractivity contribution in [1.29, 1.82) is 0 Å². The van der Waals surface area contributed by atoms with Gasteiger partial charge in [-0.05, 0) is 25.2 Å². The highest BCUT2D eigenvalue weighted by Crippen LogP contribution is 2.46. The topological polar surface area (TPSA) is 32.5 Å². The van der Waals surface area contributed by atoms with Crippen LogP contribution >= 0.6 is 0 Å². The van der Waals surface area contributed by atoms with Crippen LogP contribution in [0.5, 0.6) is 0 Å². The average molecular weight is 195 g/mol. The van der Waals surface area contributed by atoms with Crippen LogP contribution in [0.1, 0.15) is 13.3 Å². The highest BCUT2D eigenvalue weighted by Gasteiger charge is 2.48. The first-order chi connectivity index (χ1) is 6.78. The molecule has 2 N–H and O–H groups in total. The van der Waals surface area contributed by atoms with Crippen LogP contribution in [-0.4, -0.2) is 54.6 Å². The Morgan fingerprint density at radius 1 is 1.21 bits per heavy atom. The van der Waals surface area contributed by atoms with Gasteiger partial charge in [0.15, 0.2) is 0 Å². The van der Waals surface area contributed by atoms with Gasteiger partial charge in [-0.25, -0.2) is 0 Å². The van der Waals surface area contributed by atoms with Crippen molar-refractivity contribution in [2.45, 2.75) is 25.4 Å². The van der Waals surface area contributed by atoms with Gasteiger partial charge in [-0.15, -0.1) is 0 Å². The Morgan fingerprint density at radius 2 is 1.86 bits per heavy atom. The first-order valence-electron chi connectivity index (χ1n) is 5.96. The second-order valence-electron chi connectivity index (χ2n) is 5.40. The van der Waals surface area contributed by atoms with E-state index >= 15 is 0 Å². The molecule has 0 aromatic heterocycles. The molecule has 0 bridgehead atoms. The van der Waals surface area contributed by atoms with E-state index in [1.54, 1.807) is 0 Å². The van der Waals surface area contributed by atoms with Gasteiger partial charge in [-0.3, -0.25) is 9.80 Å². The number of hydrogen-bond donors (Lipinski definition) is 1. The predicted octanol–water partition coefficient (Wildman–Crippen LogP) is -0.0305. The molecule has 3 atom stereocenters. The second-order valence-corrected chi connectivity index (χ2v) is 5.40. The van der Waals surface area contributed by atoms with Crippen molar-refractivity contribution in [2.24, 2.45) is 17.6 Å². The fourth-order valence-corrected chi connectivity index (χ4v) is 2.96. The maximum Gasteiger partial charge on any atom is 0.0350 e. The van der Waals surface area contributed by atoms with Gasteiger partial charge in [-0.1, -0.05) is 0 Å². The van der Waals surface area contributed by atoms with E-state index in [0.717, 1.165) is 24.4 Å². The average Bonchev–Trinajstić information content (AvgIpc) is 2.71. The van der Waals surface area contributed by atoms with E-state index in [1.807, 2.05) is 0 Å². The smallest absolute Gasteiger partial charge is 0.0350 e. The highest BCUT2D eigenvalue weighted by atomic mass is 15.3. The third-order valence-corrected chi connectivity index (χ3v) is 4.38.